The lowest BCUT2D eigenvalue weighted by molar-refractivity contribution is -0.136. The highest BCUT2D eigenvalue weighted by molar-refractivity contribution is 7.41. The first-order chi connectivity index (χ1) is 10.8. The molecular weight excluding hydrogens is 316 g/mol. The van der Waals surface area contributed by atoms with E-state index < -0.39 is 13.2 Å². The first kappa shape index (κ1) is 20.2. The molecule has 0 amide bonds. The second-order valence-corrected chi connectivity index (χ2v) is 8.77. The number of hydrogen-bond acceptors (Lipinski definition) is 6. The van der Waals surface area contributed by atoms with Crippen molar-refractivity contribution in [3.63, 3.8) is 0 Å². The summed E-state index contributed by atoms with van der Waals surface area (Å²) in [5.41, 5.74) is 5.34. The number of rotatable bonds is 8. The third-order valence-corrected chi connectivity index (χ3v) is 5.67. The molecular formula is C15H27BNO5P. The van der Waals surface area contributed by atoms with Gasteiger partial charge in [-0.1, -0.05) is 13.8 Å². The molecule has 0 bridgehead atoms. The lowest BCUT2D eigenvalue weighted by Crippen LogP contribution is -2.32. The van der Waals surface area contributed by atoms with Gasteiger partial charge in [-0.15, -0.1) is 5.92 Å². The highest BCUT2D eigenvalue weighted by atomic mass is 31.1. The molecule has 0 aromatic heterocycles. The van der Waals surface area contributed by atoms with Crippen LogP contribution in [0, 0.1) is 11.7 Å². The van der Waals surface area contributed by atoms with Crippen molar-refractivity contribution < 1.29 is 23.4 Å². The topological polar surface area (TPSA) is 87.8 Å². The van der Waals surface area contributed by atoms with E-state index in [2.05, 4.69) is 11.7 Å². The first-order valence-corrected chi connectivity index (χ1v) is 9.23. The maximum Gasteiger partial charge on any atom is 0.293 e. The summed E-state index contributed by atoms with van der Waals surface area (Å²) in [6.07, 6.45) is 0.350. The van der Waals surface area contributed by atoms with Crippen LogP contribution >= 0.6 is 8.03 Å². The monoisotopic (exact) mass is 343 g/mol. The zero-order valence-corrected chi connectivity index (χ0v) is 15.3. The van der Waals surface area contributed by atoms with E-state index in [-0.39, 0.29) is 24.3 Å². The molecule has 1 aliphatic rings. The third kappa shape index (κ3) is 6.68. The molecule has 0 spiro atoms. The molecule has 2 unspecified atom stereocenters. The van der Waals surface area contributed by atoms with Crippen molar-refractivity contribution in [2.24, 2.45) is 5.73 Å². The molecule has 1 rings (SSSR count). The molecule has 1 fully saturated rings. The molecule has 6 nitrogen and oxygen atoms in total. The molecule has 1 saturated heterocycles. The minimum Gasteiger partial charge on any atom is -0.462 e. The molecule has 0 radical (unpaired) electrons. The smallest absolute Gasteiger partial charge is 0.293 e. The van der Waals surface area contributed by atoms with Crippen molar-refractivity contribution in [1.29, 1.82) is 0 Å². The van der Waals surface area contributed by atoms with Gasteiger partial charge in [0.2, 0.25) is 7.28 Å². The van der Waals surface area contributed by atoms with E-state index in [1.54, 1.807) is 0 Å². The fourth-order valence-corrected chi connectivity index (χ4v) is 3.66. The van der Waals surface area contributed by atoms with Crippen LogP contribution in [0.5, 0.6) is 0 Å². The Balaban J connectivity index is 2.70. The van der Waals surface area contributed by atoms with Crippen molar-refractivity contribution in [2.75, 3.05) is 6.54 Å². The molecule has 2 N–H and O–H groups in total. The Morgan fingerprint density at radius 1 is 1.52 bits per heavy atom. The molecule has 130 valence electrons. The molecule has 1 heterocycles. The second-order valence-electron chi connectivity index (χ2n) is 6.61. The number of carbonyl (C=O) groups excluding carboxylic acids is 1. The minimum atomic E-state index is -2.25. The van der Waals surface area contributed by atoms with Gasteiger partial charge in [-0.3, -0.25) is 9.36 Å². The van der Waals surface area contributed by atoms with E-state index in [4.69, 9.17) is 19.7 Å². The van der Waals surface area contributed by atoms with Gasteiger partial charge in [0.25, 0.3) is 6.47 Å². The predicted octanol–water partition coefficient (Wildman–Crippen LogP) is 1.07. The number of hydrogen-bond donors (Lipinski definition) is 1. The Hall–Kier alpha value is -0.795. The standard InChI is InChI=1S/C15H27BNO5P/c1-11(2)22-23(19)15(3,4)9-13-12(20-10-18)8-14(21-13)16-6-5-7-17/h10-14,16,23H,7-9,17H2,1-4H3/t12?,13-,14-/m1/s1. The molecule has 0 aromatic carbocycles. The summed E-state index contributed by atoms with van der Waals surface area (Å²) in [6.45, 7) is 8.24. The summed E-state index contributed by atoms with van der Waals surface area (Å²) in [7, 11) is -1.70. The molecule has 8 heteroatoms. The first-order valence-electron chi connectivity index (χ1n) is 7.91. The summed E-state index contributed by atoms with van der Waals surface area (Å²) in [5.74, 6) is 5.75. The minimum absolute atomic E-state index is 0.0912. The number of carbonyl (C=O) groups is 1. The molecule has 4 atom stereocenters. The summed E-state index contributed by atoms with van der Waals surface area (Å²) in [6, 6.07) is -0.104. The Labute approximate surface area is 139 Å². The van der Waals surface area contributed by atoms with Crippen LogP contribution < -0.4 is 5.73 Å². The zero-order chi connectivity index (χ0) is 17.5. The Morgan fingerprint density at radius 2 is 2.22 bits per heavy atom. The third-order valence-electron chi connectivity index (χ3n) is 3.67. The molecule has 0 aliphatic carbocycles. The van der Waals surface area contributed by atoms with Gasteiger partial charge in [-0.2, -0.15) is 5.82 Å². The van der Waals surface area contributed by atoms with Gasteiger partial charge >= 0.3 is 0 Å². The van der Waals surface area contributed by atoms with E-state index in [9.17, 15) is 9.36 Å². The predicted molar refractivity (Wildman–Crippen MR) is 92.1 cm³/mol. The highest BCUT2D eigenvalue weighted by Gasteiger charge is 2.41. The fourth-order valence-electron chi connectivity index (χ4n) is 2.54. The highest BCUT2D eigenvalue weighted by Crippen LogP contribution is 2.45. The Morgan fingerprint density at radius 3 is 2.78 bits per heavy atom. The second kappa shape index (κ2) is 9.49. The van der Waals surface area contributed by atoms with Crippen LogP contribution in [-0.2, 0) is 23.4 Å². The average molecular weight is 343 g/mol. The van der Waals surface area contributed by atoms with Crippen molar-refractivity contribution in [2.45, 2.75) is 70.0 Å². The van der Waals surface area contributed by atoms with Crippen LogP contribution in [0.15, 0.2) is 0 Å². The van der Waals surface area contributed by atoms with E-state index in [0.29, 0.717) is 33.1 Å². The van der Waals surface area contributed by atoms with Gasteiger partial charge in [0.1, 0.15) is 6.10 Å². The zero-order valence-electron chi connectivity index (χ0n) is 14.3. The number of nitrogens with two attached hydrogens (primary N) is 1. The molecule has 1 aliphatic heterocycles. The van der Waals surface area contributed by atoms with E-state index in [1.165, 1.54) is 0 Å². The van der Waals surface area contributed by atoms with Gasteiger partial charge in [-0.25, -0.2) is 0 Å². The quantitative estimate of drug-likeness (QED) is 0.307. The van der Waals surface area contributed by atoms with Crippen molar-refractivity contribution in [3.05, 3.63) is 0 Å². The van der Waals surface area contributed by atoms with Crippen LogP contribution in [0.25, 0.3) is 0 Å². The Kier molecular flexibility index (Phi) is 8.35. The largest absolute Gasteiger partial charge is 0.462 e. The van der Waals surface area contributed by atoms with Crippen LogP contribution in [0.2, 0.25) is 0 Å². The van der Waals surface area contributed by atoms with Gasteiger partial charge in [0.15, 0.2) is 8.03 Å². The normalized spacial score (nSPS) is 25.6. The summed E-state index contributed by atoms with van der Waals surface area (Å²) >= 11 is 0. The molecule has 0 saturated carbocycles. The maximum absolute atomic E-state index is 12.4. The fraction of sp³-hybridized carbons (Fsp3) is 0.800. The van der Waals surface area contributed by atoms with Gasteiger partial charge < -0.3 is 19.7 Å². The summed E-state index contributed by atoms with van der Waals surface area (Å²) in [4.78, 5) is 10.7. The summed E-state index contributed by atoms with van der Waals surface area (Å²) in [5, 5.41) is -0.540. The van der Waals surface area contributed by atoms with Crippen LogP contribution in [-0.4, -0.2) is 49.8 Å². The Bertz CT molecular complexity index is 474. The van der Waals surface area contributed by atoms with Crippen molar-refractivity contribution in [3.8, 4) is 11.7 Å². The average Bonchev–Trinajstić information content (AvgIpc) is 2.80. The van der Waals surface area contributed by atoms with Crippen LogP contribution in [0.3, 0.4) is 0 Å². The lowest BCUT2D eigenvalue weighted by Gasteiger charge is -2.29. The SMILES string of the molecule is CC(C)O[PH](=O)C(C)(C)C[C@H]1O[C@@H](BC#CCN)CC1OC=O. The van der Waals surface area contributed by atoms with Crippen LogP contribution in [0.1, 0.15) is 40.5 Å². The summed E-state index contributed by atoms with van der Waals surface area (Å²) < 4.78 is 29.0. The van der Waals surface area contributed by atoms with E-state index in [1.807, 2.05) is 27.7 Å². The van der Waals surface area contributed by atoms with Gasteiger partial charge in [-0.05, 0) is 20.3 Å². The van der Waals surface area contributed by atoms with Crippen LogP contribution in [0.4, 0.5) is 0 Å². The number of ether oxygens (including phenoxy) is 2. The molecule has 0 aromatic rings. The van der Waals surface area contributed by atoms with Crippen molar-refractivity contribution >= 4 is 21.8 Å². The van der Waals surface area contributed by atoms with Gasteiger partial charge in [0, 0.05) is 17.6 Å². The van der Waals surface area contributed by atoms with Gasteiger partial charge in [0.05, 0.1) is 18.8 Å². The lowest BCUT2D eigenvalue weighted by atomic mass is 9.71. The maximum atomic E-state index is 12.4. The molecule has 23 heavy (non-hydrogen) atoms. The van der Waals surface area contributed by atoms with E-state index >= 15 is 0 Å². The van der Waals surface area contributed by atoms with Crippen molar-refractivity contribution in [1.82, 2.24) is 0 Å². The van der Waals surface area contributed by atoms with E-state index in [0.717, 1.165) is 0 Å².